The summed E-state index contributed by atoms with van der Waals surface area (Å²) in [6.07, 6.45) is 3.12. The number of nitrogen functional groups attached to an aromatic ring is 2. The lowest BCUT2D eigenvalue weighted by Crippen LogP contribution is -2.30. The molecule has 0 unspecified atom stereocenters. The Balaban J connectivity index is 0.000000305. The largest absolute Gasteiger partial charge is 0.490 e. The summed E-state index contributed by atoms with van der Waals surface area (Å²) >= 11 is 5.62. The fourth-order valence-electron chi connectivity index (χ4n) is 3.20. The van der Waals surface area contributed by atoms with Crippen molar-refractivity contribution in [3.8, 4) is 23.0 Å². The Hall–Kier alpha value is -3.93. The Morgan fingerprint density at radius 1 is 0.744 bits per heavy atom. The van der Waals surface area contributed by atoms with Crippen molar-refractivity contribution in [1.29, 1.82) is 0 Å². The molecule has 0 bridgehead atoms. The normalized spacial score (nSPS) is 9.67. The van der Waals surface area contributed by atoms with E-state index < -0.39 is 7.12 Å². The summed E-state index contributed by atoms with van der Waals surface area (Å²) in [4.78, 5) is 16.3. The minimum atomic E-state index is -1.47. The molecular weight excluding hydrogens is 519 g/mol. The molecule has 12 heteroatoms. The van der Waals surface area contributed by atoms with E-state index in [0.29, 0.717) is 34.0 Å². The quantitative estimate of drug-likeness (QED) is 0.216. The van der Waals surface area contributed by atoms with Gasteiger partial charge >= 0.3 is 7.12 Å². The first kappa shape index (κ1) is 33.1. The monoisotopic (exact) mass is 554 g/mol. The van der Waals surface area contributed by atoms with Crippen LogP contribution < -0.4 is 26.4 Å². The second-order valence-electron chi connectivity index (χ2n) is 8.26. The Labute approximate surface area is 235 Å². The summed E-state index contributed by atoms with van der Waals surface area (Å²) in [5.41, 5.74) is 17.0. The molecule has 4 heterocycles. The highest BCUT2D eigenvalue weighted by atomic mass is 35.5. The third-order valence-electron chi connectivity index (χ3n) is 5.22. The number of halogens is 1. The Morgan fingerprint density at radius 3 is 1.72 bits per heavy atom. The van der Waals surface area contributed by atoms with Crippen LogP contribution in [0.4, 0.5) is 11.6 Å². The van der Waals surface area contributed by atoms with Crippen LogP contribution in [-0.2, 0) is 0 Å². The summed E-state index contributed by atoms with van der Waals surface area (Å²) in [5, 5.41) is 18.1. The van der Waals surface area contributed by atoms with Gasteiger partial charge in [-0.3, -0.25) is 0 Å². The van der Waals surface area contributed by atoms with E-state index in [4.69, 9.17) is 42.6 Å². The van der Waals surface area contributed by atoms with Gasteiger partial charge in [0.25, 0.3) is 0 Å². The molecule has 0 aliphatic carbocycles. The van der Waals surface area contributed by atoms with Gasteiger partial charge in [0.2, 0.25) is 11.8 Å². The van der Waals surface area contributed by atoms with E-state index in [1.165, 1.54) is 13.3 Å². The van der Waals surface area contributed by atoms with Crippen LogP contribution in [0.5, 0.6) is 11.8 Å². The molecule has 0 aliphatic heterocycles. The lowest BCUT2D eigenvalue weighted by Gasteiger charge is -2.08. The Kier molecular flexibility index (Phi) is 13.1. The van der Waals surface area contributed by atoms with Crippen LogP contribution in [0.15, 0.2) is 48.8 Å². The fourth-order valence-corrected chi connectivity index (χ4v) is 3.36. The third kappa shape index (κ3) is 9.71. The van der Waals surface area contributed by atoms with Gasteiger partial charge in [0.05, 0.1) is 19.9 Å². The minimum Gasteiger partial charge on any atom is -0.481 e. The summed E-state index contributed by atoms with van der Waals surface area (Å²) in [6, 6.07) is 10.9. The standard InChI is InChI=1S/C13H15N3O.C7H10BNO3.C6H7ClN2.CH4/c1-8-4-5-11(14)16-12(8)10-6-9(2)13(17-3)15-7-10;1-5-3-6(8(10)11)4-9-7(5)12-2;1-4-2-3-5(8)9-6(4)7;/h4-7H,1-3H3,(H2,14,16);3-4,10-11H,1-2H3;2-3H,1H3,(H2,8,9);1H4. The maximum absolute atomic E-state index is 8.79. The molecule has 39 heavy (non-hydrogen) atoms. The number of aromatic nitrogens is 4. The molecule has 0 aromatic carbocycles. The number of nitrogens with two attached hydrogens (primary N) is 2. The average molecular weight is 555 g/mol. The van der Waals surface area contributed by atoms with E-state index in [0.717, 1.165) is 33.5 Å². The second-order valence-corrected chi connectivity index (χ2v) is 8.62. The van der Waals surface area contributed by atoms with Crippen molar-refractivity contribution in [3.63, 3.8) is 0 Å². The number of hydrogen-bond acceptors (Lipinski definition) is 10. The predicted octanol–water partition coefficient (Wildman–Crippen LogP) is 3.69. The number of anilines is 2. The second kappa shape index (κ2) is 15.5. The zero-order chi connectivity index (χ0) is 28.4. The Bertz CT molecular complexity index is 1370. The molecule has 10 nitrogen and oxygen atoms in total. The number of ether oxygens (including phenoxy) is 2. The smallest absolute Gasteiger partial charge is 0.481 e. The number of rotatable bonds is 4. The average Bonchev–Trinajstić information content (AvgIpc) is 2.88. The molecule has 6 N–H and O–H groups in total. The number of methoxy groups -OCH3 is 2. The molecule has 0 fully saturated rings. The van der Waals surface area contributed by atoms with E-state index in [-0.39, 0.29) is 7.43 Å². The highest BCUT2D eigenvalue weighted by Gasteiger charge is 2.12. The van der Waals surface area contributed by atoms with Gasteiger partial charge in [-0.2, -0.15) is 0 Å². The molecule has 4 aromatic rings. The first-order valence-electron chi connectivity index (χ1n) is 11.5. The number of pyridine rings is 4. The molecule has 0 spiro atoms. The summed E-state index contributed by atoms with van der Waals surface area (Å²) in [7, 11) is 1.66. The molecule has 0 saturated heterocycles. The number of aryl methyl sites for hydroxylation is 4. The van der Waals surface area contributed by atoms with E-state index in [9.17, 15) is 0 Å². The first-order valence-corrected chi connectivity index (χ1v) is 11.8. The molecule has 0 saturated carbocycles. The molecule has 0 atom stereocenters. The molecule has 0 amide bonds. The van der Waals surface area contributed by atoms with Crippen LogP contribution in [0.2, 0.25) is 5.15 Å². The van der Waals surface area contributed by atoms with Gasteiger partial charge in [-0.1, -0.05) is 37.2 Å². The van der Waals surface area contributed by atoms with Gasteiger partial charge in [-0.05, 0) is 57.0 Å². The van der Waals surface area contributed by atoms with E-state index in [1.807, 2.05) is 39.0 Å². The molecular formula is C27H36BClN6O4. The number of nitrogens with zero attached hydrogens (tertiary/aromatic N) is 4. The van der Waals surface area contributed by atoms with Crippen molar-refractivity contribution in [2.75, 3.05) is 25.7 Å². The van der Waals surface area contributed by atoms with Gasteiger partial charge in [0.15, 0.2) is 0 Å². The molecule has 0 radical (unpaired) electrons. The van der Waals surface area contributed by atoms with Gasteiger partial charge < -0.3 is 31.0 Å². The zero-order valence-electron chi connectivity index (χ0n) is 22.2. The van der Waals surface area contributed by atoms with E-state index >= 15 is 0 Å². The molecule has 4 rings (SSSR count). The van der Waals surface area contributed by atoms with Crippen molar-refractivity contribution in [2.24, 2.45) is 0 Å². The van der Waals surface area contributed by atoms with Crippen LogP contribution in [0.1, 0.15) is 29.7 Å². The topological polar surface area (TPSA) is 163 Å². The molecule has 0 aliphatic rings. The minimum absolute atomic E-state index is 0. The predicted molar refractivity (Wildman–Crippen MR) is 158 cm³/mol. The van der Waals surface area contributed by atoms with Crippen molar-refractivity contribution in [2.45, 2.75) is 35.1 Å². The maximum Gasteiger partial charge on any atom is 0.490 e. The fraction of sp³-hybridized carbons (Fsp3) is 0.259. The van der Waals surface area contributed by atoms with Gasteiger partial charge in [-0.25, -0.2) is 19.9 Å². The lowest BCUT2D eigenvalue weighted by atomic mass is 9.81. The first-order chi connectivity index (χ1) is 18.0. The van der Waals surface area contributed by atoms with E-state index in [2.05, 4.69) is 19.9 Å². The Morgan fingerprint density at radius 2 is 1.26 bits per heavy atom. The van der Waals surface area contributed by atoms with Crippen LogP contribution in [-0.4, -0.2) is 51.3 Å². The van der Waals surface area contributed by atoms with Crippen LogP contribution >= 0.6 is 11.6 Å². The van der Waals surface area contributed by atoms with Crippen molar-refractivity contribution in [3.05, 3.63) is 76.2 Å². The summed E-state index contributed by atoms with van der Waals surface area (Å²) in [6.45, 7) is 7.63. The summed E-state index contributed by atoms with van der Waals surface area (Å²) in [5.74, 6) is 2.11. The van der Waals surface area contributed by atoms with Crippen molar-refractivity contribution < 1.29 is 19.5 Å². The van der Waals surface area contributed by atoms with Crippen LogP contribution in [0.3, 0.4) is 0 Å². The SMILES string of the molecule is C.COc1ncc(-c2nc(N)ccc2C)cc1C.COc1ncc(B(O)O)cc1C.Cc1ccc(N)nc1Cl. The highest BCUT2D eigenvalue weighted by molar-refractivity contribution is 6.58. The molecule has 208 valence electrons. The van der Waals surface area contributed by atoms with Crippen LogP contribution in [0.25, 0.3) is 11.3 Å². The van der Waals surface area contributed by atoms with Crippen molar-refractivity contribution in [1.82, 2.24) is 19.9 Å². The van der Waals surface area contributed by atoms with Gasteiger partial charge in [-0.15, -0.1) is 0 Å². The van der Waals surface area contributed by atoms with E-state index in [1.54, 1.807) is 38.4 Å². The zero-order valence-corrected chi connectivity index (χ0v) is 23.0. The highest BCUT2D eigenvalue weighted by Crippen LogP contribution is 2.25. The van der Waals surface area contributed by atoms with Crippen LogP contribution in [0, 0.1) is 27.7 Å². The van der Waals surface area contributed by atoms with Gasteiger partial charge in [0.1, 0.15) is 16.8 Å². The third-order valence-corrected chi connectivity index (χ3v) is 5.60. The summed E-state index contributed by atoms with van der Waals surface area (Å²) < 4.78 is 10.0. The number of hydrogen-bond donors (Lipinski definition) is 4. The van der Waals surface area contributed by atoms with Gasteiger partial charge in [0, 0.05) is 34.5 Å². The lowest BCUT2D eigenvalue weighted by molar-refractivity contribution is 0.394. The molecule has 4 aromatic heterocycles. The van der Waals surface area contributed by atoms with Crippen molar-refractivity contribution >= 4 is 35.8 Å². The maximum atomic E-state index is 8.79.